The SMILES string of the molecule is CCCC(=O)OCC(O)CO.CCCC(=O)OCC=O.[Na+].[O-][I+3]([O-])([O-])[O-]. The molecule has 1 atom stereocenters. The molecule has 0 saturated heterocycles. The average Bonchev–Trinajstić information content (AvgIpc) is 2.50. The van der Waals surface area contributed by atoms with Crippen LogP contribution in [0.3, 0.4) is 0 Å². The molecule has 0 aromatic rings. The van der Waals surface area contributed by atoms with Crippen LogP contribution in [0.25, 0.3) is 0 Å². The van der Waals surface area contributed by atoms with E-state index in [1.165, 1.54) is 0 Å². The van der Waals surface area contributed by atoms with Crippen molar-refractivity contribution in [1.82, 2.24) is 0 Å². The largest absolute Gasteiger partial charge is 1.00 e. The minimum absolute atomic E-state index is 0. The summed E-state index contributed by atoms with van der Waals surface area (Å²) in [4.78, 5) is 30.7. The smallest absolute Gasteiger partial charge is 0.463 e. The van der Waals surface area contributed by atoms with Gasteiger partial charge in [0, 0.05) is 12.8 Å². The molecule has 11 nitrogen and oxygen atoms in total. The molecule has 0 spiro atoms. The van der Waals surface area contributed by atoms with Crippen LogP contribution in [0.1, 0.15) is 39.5 Å². The Bertz CT molecular complexity index is 343. The Balaban J connectivity index is -0.000000146. The maximum atomic E-state index is 10.6. The Hall–Kier alpha value is 0.1000. The Morgan fingerprint density at radius 1 is 1.04 bits per heavy atom. The second kappa shape index (κ2) is 23.1. The third-order valence-electron chi connectivity index (χ3n) is 1.87. The van der Waals surface area contributed by atoms with Crippen molar-refractivity contribution in [2.24, 2.45) is 0 Å². The summed E-state index contributed by atoms with van der Waals surface area (Å²) in [5, 5.41) is 17.1. The quantitative estimate of drug-likeness (QED) is 0.130. The first-order valence-corrected chi connectivity index (χ1v) is 10.7. The molecule has 0 bridgehead atoms. The molecule has 0 aromatic carbocycles. The number of aliphatic hydroxyl groups excluding tert-OH is 2. The van der Waals surface area contributed by atoms with E-state index in [0.717, 1.165) is 12.8 Å². The number of carbonyl (C=O) groups is 3. The molecule has 26 heavy (non-hydrogen) atoms. The second-order valence-electron chi connectivity index (χ2n) is 4.25. The van der Waals surface area contributed by atoms with Gasteiger partial charge in [-0.25, -0.2) is 0 Å². The molecule has 13 heteroatoms. The minimum Gasteiger partial charge on any atom is -0.463 e. The van der Waals surface area contributed by atoms with Gasteiger partial charge in [0.1, 0.15) is 39.4 Å². The number of hydrogen-bond donors (Lipinski definition) is 2. The molecular weight excluding hydrogens is 482 g/mol. The maximum absolute atomic E-state index is 10.6. The maximum Gasteiger partial charge on any atom is 1.00 e. The van der Waals surface area contributed by atoms with Crippen LogP contribution in [-0.4, -0.2) is 54.4 Å². The number of ether oxygens (including phenoxy) is 2. The Kier molecular flexibility index (Phi) is 30.0. The van der Waals surface area contributed by atoms with E-state index in [0.29, 0.717) is 19.1 Å². The van der Waals surface area contributed by atoms with Gasteiger partial charge in [0.2, 0.25) is 0 Å². The monoisotopic (exact) mass is 506 g/mol. The van der Waals surface area contributed by atoms with Gasteiger partial charge in [-0.3, -0.25) is 28.1 Å². The molecule has 150 valence electrons. The molecule has 0 aliphatic carbocycles. The van der Waals surface area contributed by atoms with E-state index in [1.807, 2.05) is 13.8 Å². The molecule has 2 N–H and O–H groups in total. The molecule has 0 radical (unpaired) electrons. The molecule has 0 rings (SSSR count). The number of aliphatic hydroxyl groups is 2. The molecule has 0 heterocycles. The predicted octanol–water partition coefficient (Wildman–Crippen LogP) is -10.5. The number of rotatable bonds is 9. The Morgan fingerprint density at radius 2 is 1.42 bits per heavy atom. The van der Waals surface area contributed by atoms with E-state index in [4.69, 9.17) is 24.0 Å². The molecule has 0 aromatic heterocycles. The topological polar surface area (TPSA) is 202 Å². The van der Waals surface area contributed by atoms with Gasteiger partial charge in [-0.05, 0) is 12.8 Å². The number of hydrogen-bond acceptors (Lipinski definition) is 11. The Morgan fingerprint density at radius 3 is 1.73 bits per heavy atom. The molecule has 0 fully saturated rings. The van der Waals surface area contributed by atoms with Crippen LogP contribution in [0.2, 0.25) is 0 Å². The van der Waals surface area contributed by atoms with Crippen LogP contribution in [0.15, 0.2) is 0 Å². The van der Waals surface area contributed by atoms with Crippen LogP contribution < -0.4 is 63.4 Å². The van der Waals surface area contributed by atoms with Crippen molar-refractivity contribution in [2.75, 3.05) is 19.8 Å². The first-order valence-electron chi connectivity index (χ1n) is 7.17. The first kappa shape index (κ1) is 33.7. The zero-order valence-corrected chi connectivity index (χ0v) is 19.2. The van der Waals surface area contributed by atoms with Crippen molar-refractivity contribution >= 4 is 18.2 Å². The third-order valence-corrected chi connectivity index (χ3v) is 1.87. The fourth-order valence-corrected chi connectivity index (χ4v) is 0.921. The van der Waals surface area contributed by atoms with Gasteiger partial charge < -0.3 is 19.7 Å². The first-order chi connectivity index (χ1) is 11.5. The predicted molar refractivity (Wildman–Crippen MR) is 70.9 cm³/mol. The van der Waals surface area contributed by atoms with Crippen molar-refractivity contribution in [2.45, 2.75) is 45.6 Å². The van der Waals surface area contributed by atoms with E-state index < -0.39 is 26.2 Å². The van der Waals surface area contributed by atoms with Crippen LogP contribution >= 0.6 is 0 Å². The van der Waals surface area contributed by atoms with Crippen LogP contribution in [0.4, 0.5) is 0 Å². The zero-order chi connectivity index (χ0) is 20.3. The standard InChI is InChI=1S/C7H14O4.C6H10O3.IO4.Na/c1-2-3-7(10)11-5-6(9)4-8;1-2-3-6(8)9-5-4-7;2-1(3,4)5;/h6,8-9H,2-5H2,1H3;4H,2-3,5H2,1H3;;/q;;-1;+1. The summed E-state index contributed by atoms with van der Waals surface area (Å²) in [6, 6.07) is 0. The molecule has 0 aliphatic rings. The minimum atomic E-state index is -5.94. The van der Waals surface area contributed by atoms with Crippen LogP contribution in [-0.2, 0) is 23.9 Å². The molecule has 1 unspecified atom stereocenters. The fraction of sp³-hybridized carbons (Fsp3) is 0.769. The summed E-state index contributed by atoms with van der Waals surface area (Å²) in [5.74, 6) is -0.635. The summed E-state index contributed by atoms with van der Waals surface area (Å²) in [6.07, 6.45) is 1.86. The van der Waals surface area contributed by atoms with Crippen molar-refractivity contribution in [3.05, 3.63) is 0 Å². The third kappa shape index (κ3) is 44.0. The summed E-state index contributed by atoms with van der Waals surface area (Å²) in [5.41, 5.74) is 0. The van der Waals surface area contributed by atoms with Gasteiger partial charge in [0.25, 0.3) is 0 Å². The Labute approximate surface area is 180 Å². The van der Waals surface area contributed by atoms with E-state index in [2.05, 4.69) is 9.47 Å². The van der Waals surface area contributed by atoms with Gasteiger partial charge in [-0.15, -0.1) is 0 Å². The second-order valence-corrected chi connectivity index (χ2v) is 6.40. The van der Waals surface area contributed by atoms with Gasteiger partial charge in [-0.1, -0.05) is 13.8 Å². The van der Waals surface area contributed by atoms with Gasteiger partial charge in [0.05, 0.1) is 6.61 Å². The number of carbonyl (C=O) groups excluding carboxylic acids is 3. The van der Waals surface area contributed by atoms with E-state index >= 15 is 0 Å². The molecule has 0 saturated carbocycles. The van der Waals surface area contributed by atoms with Gasteiger partial charge >= 0.3 is 41.5 Å². The summed E-state index contributed by atoms with van der Waals surface area (Å²) < 4.78 is 43.5. The molecule has 0 amide bonds. The number of aldehydes is 1. The van der Waals surface area contributed by atoms with Crippen molar-refractivity contribution in [3.63, 3.8) is 0 Å². The van der Waals surface area contributed by atoms with Crippen LogP contribution in [0, 0.1) is 0 Å². The van der Waals surface area contributed by atoms with Gasteiger partial charge in [0.15, 0.2) is 6.29 Å². The zero-order valence-electron chi connectivity index (χ0n) is 15.1. The van der Waals surface area contributed by atoms with E-state index in [-0.39, 0.29) is 61.3 Å². The fourth-order valence-electron chi connectivity index (χ4n) is 0.921. The average molecular weight is 506 g/mol. The van der Waals surface area contributed by atoms with Crippen LogP contribution in [0.5, 0.6) is 0 Å². The van der Waals surface area contributed by atoms with Crippen molar-refractivity contribution in [3.8, 4) is 0 Å². The number of esters is 2. The normalized spacial score (nSPS) is 10.6. The summed E-state index contributed by atoms with van der Waals surface area (Å²) >= 11 is -5.94. The van der Waals surface area contributed by atoms with Gasteiger partial charge in [-0.2, -0.15) is 0 Å². The van der Waals surface area contributed by atoms with Crippen molar-refractivity contribution in [1.29, 1.82) is 0 Å². The van der Waals surface area contributed by atoms with E-state index in [9.17, 15) is 14.4 Å². The summed E-state index contributed by atoms with van der Waals surface area (Å²) in [7, 11) is 0. The molecular formula is C13H24INaO11. The number of halogens is 1. The summed E-state index contributed by atoms with van der Waals surface area (Å²) in [6.45, 7) is 3.14. The van der Waals surface area contributed by atoms with E-state index in [1.54, 1.807) is 0 Å². The van der Waals surface area contributed by atoms with Crippen molar-refractivity contribution < 1.29 is 97.5 Å². The molecule has 0 aliphatic heterocycles.